The highest BCUT2D eigenvalue weighted by molar-refractivity contribution is 7.24. The summed E-state index contributed by atoms with van der Waals surface area (Å²) in [5.74, 6) is -0.287. The largest absolute Gasteiger partial charge is 0.423 e. The molecule has 4 heteroatoms. The number of ether oxygens (including phenoxy) is 1. The molecule has 0 atom stereocenters. The topological polar surface area (TPSA) is 43.4 Å². The number of hydrogen-bond acceptors (Lipinski definition) is 4. The minimum atomic E-state index is -0.572. The monoisotopic (exact) mass is 296 g/mol. The van der Waals surface area contributed by atoms with E-state index in [4.69, 9.17) is 4.74 Å². The van der Waals surface area contributed by atoms with Gasteiger partial charge in [-0.15, -0.1) is 11.3 Å². The first-order valence-corrected chi connectivity index (χ1v) is 7.23. The predicted molar refractivity (Wildman–Crippen MR) is 86.2 cm³/mol. The van der Waals surface area contributed by atoms with Gasteiger partial charge in [0.1, 0.15) is 5.75 Å². The van der Waals surface area contributed by atoms with Gasteiger partial charge in [0.15, 0.2) is 5.43 Å². The third-order valence-corrected chi connectivity index (χ3v) is 4.57. The molecule has 0 aliphatic carbocycles. The predicted octanol–water partition coefficient (Wildman–Crippen LogP) is 3.81. The van der Waals surface area contributed by atoms with Crippen molar-refractivity contribution < 1.29 is 9.53 Å². The summed E-state index contributed by atoms with van der Waals surface area (Å²) >= 11 is 1.52. The number of esters is 1. The van der Waals surface area contributed by atoms with Gasteiger partial charge >= 0.3 is 5.97 Å². The lowest BCUT2D eigenvalue weighted by Crippen LogP contribution is -2.08. The maximum atomic E-state index is 12.7. The van der Waals surface area contributed by atoms with Crippen molar-refractivity contribution >= 4 is 37.5 Å². The molecular formula is C17H12O3S. The van der Waals surface area contributed by atoms with E-state index in [0.717, 1.165) is 21.0 Å². The van der Waals surface area contributed by atoms with Gasteiger partial charge < -0.3 is 4.74 Å². The van der Waals surface area contributed by atoms with Crippen LogP contribution in [-0.2, 0) is 4.79 Å². The van der Waals surface area contributed by atoms with E-state index < -0.39 is 5.97 Å². The van der Waals surface area contributed by atoms with E-state index >= 15 is 0 Å². The summed E-state index contributed by atoms with van der Waals surface area (Å²) in [4.78, 5) is 24.2. The van der Waals surface area contributed by atoms with E-state index in [2.05, 4.69) is 6.58 Å². The molecule has 3 rings (SSSR count). The molecule has 21 heavy (non-hydrogen) atoms. The van der Waals surface area contributed by atoms with Gasteiger partial charge in [0.25, 0.3) is 0 Å². The molecule has 0 bridgehead atoms. The molecule has 0 N–H and O–H groups in total. The third kappa shape index (κ3) is 2.23. The van der Waals surface area contributed by atoms with Crippen molar-refractivity contribution in [3.63, 3.8) is 0 Å². The van der Waals surface area contributed by atoms with Crippen molar-refractivity contribution in [2.75, 3.05) is 0 Å². The van der Waals surface area contributed by atoms with Gasteiger partial charge in [0.2, 0.25) is 0 Å². The Balaban J connectivity index is 2.44. The van der Waals surface area contributed by atoms with Gasteiger partial charge in [0.05, 0.1) is 5.39 Å². The van der Waals surface area contributed by atoms with Crippen molar-refractivity contribution in [2.24, 2.45) is 0 Å². The molecule has 3 aromatic rings. The fraction of sp³-hybridized carbons (Fsp3) is 0.0588. The van der Waals surface area contributed by atoms with Gasteiger partial charge in [-0.3, -0.25) is 4.79 Å². The van der Waals surface area contributed by atoms with Crippen LogP contribution >= 0.6 is 11.3 Å². The van der Waals surface area contributed by atoms with Gasteiger partial charge in [-0.1, -0.05) is 24.8 Å². The Hall–Kier alpha value is -2.46. The number of carbonyl (C=O) groups is 1. The zero-order valence-electron chi connectivity index (χ0n) is 11.4. The van der Waals surface area contributed by atoms with Gasteiger partial charge in [-0.05, 0) is 30.7 Å². The summed E-state index contributed by atoms with van der Waals surface area (Å²) in [7, 11) is 0. The molecule has 0 aliphatic heterocycles. The maximum absolute atomic E-state index is 12.7. The first-order chi connectivity index (χ1) is 10.1. The third-order valence-electron chi connectivity index (χ3n) is 3.26. The molecule has 0 aliphatic rings. The minimum absolute atomic E-state index is 0.116. The van der Waals surface area contributed by atoms with E-state index in [1.807, 2.05) is 31.2 Å². The Labute approximate surface area is 125 Å². The molecule has 0 unspecified atom stereocenters. The number of carbonyl (C=O) groups excluding carboxylic acids is 1. The fourth-order valence-corrected chi connectivity index (χ4v) is 3.40. The Morgan fingerprint density at radius 3 is 2.76 bits per heavy atom. The van der Waals surface area contributed by atoms with Crippen molar-refractivity contribution in [1.29, 1.82) is 0 Å². The van der Waals surface area contributed by atoms with Gasteiger partial charge in [-0.2, -0.15) is 0 Å². The number of aryl methyl sites for hydroxylation is 1. The normalized spacial score (nSPS) is 10.7. The Bertz CT molecular complexity index is 938. The molecule has 0 saturated heterocycles. The number of benzene rings is 2. The molecule has 0 spiro atoms. The standard InChI is InChI=1S/C17H12O3S/c1-3-14(18)20-12-9-8-10(2)17-15(12)16(19)11-6-4-5-7-13(11)21-17/h3-9H,1H2,2H3. The van der Waals surface area contributed by atoms with E-state index in [1.165, 1.54) is 11.3 Å². The fourth-order valence-electron chi connectivity index (χ4n) is 2.24. The van der Waals surface area contributed by atoms with Crippen LogP contribution in [0.1, 0.15) is 5.56 Å². The van der Waals surface area contributed by atoms with Crippen molar-refractivity contribution in [2.45, 2.75) is 6.92 Å². The first kappa shape index (κ1) is 13.5. The molecule has 0 fully saturated rings. The summed E-state index contributed by atoms with van der Waals surface area (Å²) in [6.45, 7) is 5.31. The second-order valence-corrected chi connectivity index (χ2v) is 5.69. The van der Waals surface area contributed by atoms with E-state index in [0.29, 0.717) is 10.8 Å². The number of hydrogen-bond donors (Lipinski definition) is 0. The van der Waals surface area contributed by atoms with E-state index in [-0.39, 0.29) is 11.2 Å². The van der Waals surface area contributed by atoms with Crippen LogP contribution in [0.4, 0.5) is 0 Å². The van der Waals surface area contributed by atoms with Crippen molar-refractivity contribution in [3.8, 4) is 5.75 Å². The molecule has 1 aromatic heterocycles. The SMILES string of the molecule is C=CC(=O)Oc1ccc(C)c2sc3ccccc3c(=O)c12. The van der Waals surface area contributed by atoms with Crippen molar-refractivity contribution in [3.05, 3.63) is 64.8 Å². The summed E-state index contributed by atoms with van der Waals surface area (Å²) in [6, 6.07) is 10.9. The Kier molecular flexibility index (Phi) is 3.31. The Morgan fingerprint density at radius 1 is 1.24 bits per heavy atom. The molecule has 0 radical (unpaired) electrons. The van der Waals surface area contributed by atoms with Crippen LogP contribution < -0.4 is 10.2 Å². The van der Waals surface area contributed by atoms with Crippen molar-refractivity contribution in [1.82, 2.24) is 0 Å². The second kappa shape index (κ2) is 5.14. The maximum Gasteiger partial charge on any atom is 0.335 e. The van der Waals surface area contributed by atoms with Crippen LogP contribution in [0, 0.1) is 6.92 Å². The molecule has 0 saturated carbocycles. The van der Waals surface area contributed by atoms with E-state index in [1.54, 1.807) is 12.1 Å². The van der Waals surface area contributed by atoms with Gasteiger partial charge in [0, 0.05) is 20.9 Å². The van der Waals surface area contributed by atoms with Crippen LogP contribution in [0.2, 0.25) is 0 Å². The molecule has 104 valence electrons. The lowest BCUT2D eigenvalue weighted by molar-refractivity contribution is -0.128. The first-order valence-electron chi connectivity index (χ1n) is 6.41. The highest BCUT2D eigenvalue weighted by Crippen LogP contribution is 2.32. The molecule has 2 aromatic carbocycles. The average molecular weight is 296 g/mol. The van der Waals surface area contributed by atoms with Crippen LogP contribution in [0.25, 0.3) is 20.2 Å². The van der Waals surface area contributed by atoms with Crippen LogP contribution in [0.15, 0.2) is 53.8 Å². The highest BCUT2D eigenvalue weighted by atomic mass is 32.1. The molecule has 0 amide bonds. The number of fused-ring (bicyclic) bond motifs is 2. The van der Waals surface area contributed by atoms with Crippen LogP contribution in [0.5, 0.6) is 5.75 Å². The molecule has 1 heterocycles. The number of rotatable bonds is 2. The van der Waals surface area contributed by atoms with E-state index in [9.17, 15) is 9.59 Å². The average Bonchev–Trinajstić information content (AvgIpc) is 2.50. The van der Waals surface area contributed by atoms with Gasteiger partial charge in [-0.25, -0.2) is 4.79 Å². The smallest absolute Gasteiger partial charge is 0.335 e. The summed E-state index contributed by atoms with van der Waals surface area (Å²) in [5, 5.41) is 1.09. The summed E-state index contributed by atoms with van der Waals surface area (Å²) in [5.41, 5.74) is 0.867. The Morgan fingerprint density at radius 2 is 2.00 bits per heavy atom. The quantitative estimate of drug-likeness (QED) is 0.312. The summed E-state index contributed by atoms with van der Waals surface area (Å²) in [6.07, 6.45) is 1.08. The highest BCUT2D eigenvalue weighted by Gasteiger charge is 2.14. The lowest BCUT2D eigenvalue weighted by Gasteiger charge is -2.08. The lowest BCUT2D eigenvalue weighted by atomic mass is 10.1. The molecular weight excluding hydrogens is 284 g/mol. The zero-order valence-corrected chi connectivity index (χ0v) is 12.2. The van der Waals surface area contributed by atoms with Crippen LogP contribution in [-0.4, -0.2) is 5.97 Å². The van der Waals surface area contributed by atoms with Crippen LogP contribution in [0.3, 0.4) is 0 Å². The summed E-state index contributed by atoms with van der Waals surface area (Å²) < 4.78 is 6.97. The molecule has 3 nitrogen and oxygen atoms in total. The zero-order chi connectivity index (χ0) is 15.0. The second-order valence-electron chi connectivity index (χ2n) is 4.64. The minimum Gasteiger partial charge on any atom is -0.423 e.